The zero-order valence-electron chi connectivity index (χ0n) is 9.39. The lowest BCUT2D eigenvalue weighted by molar-refractivity contribution is 0.0996. The van der Waals surface area contributed by atoms with Crippen LogP contribution < -0.4 is 16.2 Å². The van der Waals surface area contributed by atoms with Gasteiger partial charge in [0.1, 0.15) is 17.3 Å². The molecule has 5 heteroatoms. The maximum atomic E-state index is 13.5. The number of hydrogen-bond acceptors (Lipinski definition) is 3. The first-order valence-electron chi connectivity index (χ1n) is 5.19. The van der Waals surface area contributed by atoms with E-state index in [2.05, 4.69) is 0 Å². The van der Waals surface area contributed by atoms with Gasteiger partial charge in [-0.15, -0.1) is 0 Å². The fourth-order valence-electron chi connectivity index (χ4n) is 1.43. The summed E-state index contributed by atoms with van der Waals surface area (Å²) in [5.74, 6) is -0.723. The fraction of sp³-hybridized carbons (Fsp3) is 0. The van der Waals surface area contributed by atoms with Crippen LogP contribution in [-0.2, 0) is 0 Å². The molecule has 4 nitrogen and oxygen atoms in total. The van der Waals surface area contributed by atoms with E-state index in [4.69, 9.17) is 16.2 Å². The Labute approximate surface area is 103 Å². The minimum absolute atomic E-state index is 0.167. The van der Waals surface area contributed by atoms with E-state index in [0.717, 1.165) is 6.07 Å². The van der Waals surface area contributed by atoms with Crippen molar-refractivity contribution in [1.29, 1.82) is 0 Å². The van der Waals surface area contributed by atoms with Crippen LogP contribution in [0.4, 0.5) is 10.1 Å². The Hall–Kier alpha value is -2.56. The predicted octanol–water partition coefficient (Wildman–Crippen LogP) is 2.30. The molecule has 0 heterocycles. The number of ether oxygens (including phenoxy) is 1. The van der Waals surface area contributed by atoms with E-state index in [-0.39, 0.29) is 11.3 Å². The van der Waals surface area contributed by atoms with Crippen molar-refractivity contribution in [3.05, 3.63) is 53.8 Å². The van der Waals surface area contributed by atoms with E-state index in [1.807, 2.05) is 0 Å². The molecule has 1 amide bonds. The molecule has 0 radical (unpaired) electrons. The maximum Gasteiger partial charge on any atom is 0.251 e. The summed E-state index contributed by atoms with van der Waals surface area (Å²) in [7, 11) is 0. The number of benzene rings is 2. The first kappa shape index (κ1) is 11.9. The third kappa shape index (κ3) is 2.57. The third-order valence-corrected chi connectivity index (χ3v) is 2.32. The van der Waals surface area contributed by atoms with Crippen LogP contribution >= 0.6 is 0 Å². The van der Waals surface area contributed by atoms with Crippen LogP contribution in [-0.4, -0.2) is 5.91 Å². The summed E-state index contributed by atoms with van der Waals surface area (Å²) in [6.45, 7) is 0. The molecule has 0 saturated heterocycles. The minimum Gasteiger partial charge on any atom is -0.457 e. The van der Waals surface area contributed by atoms with Crippen molar-refractivity contribution in [2.75, 3.05) is 5.73 Å². The van der Waals surface area contributed by atoms with Gasteiger partial charge in [0.2, 0.25) is 0 Å². The SMILES string of the molecule is NC(=O)c1ccc(Oc2ccc(N)cc2)cc1F. The quantitative estimate of drug-likeness (QED) is 0.815. The van der Waals surface area contributed by atoms with Crippen molar-refractivity contribution in [2.45, 2.75) is 0 Å². The van der Waals surface area contributed by atoms with Gasteiger partial charge in [-0.25, -0.2) is 4.39 Å². The van der Waals surface area contributed by atoms with E-state index in [9.17, 15) is 9.18 Å². The predicted molar refractivity (Wildman–Crippen MR) is 65.8 cm³/mol. The number of rotatable bonds is 3. The molecule has 0 aliphatic heterocycles. The van der Waals surface area contributed by atoms with Crippen molar-refractivity contribution in [3.8, 4) is 11.5 Å². The second kappa shape index (κ2) is 4.75. The van der Waals surface area contributed by atoms with Gasteiger partial charge in [0.15, 0.2) is 0 Å². The Morgan fingerprint density at radius 1 is 1.06 bits per heavy atom. The van der Waals surface area contributed by atoms with Gasteiger partial charge in [0.25, 0.3) is 5.91 Å². The number of carbonyl (C=O) groups is 1. The van der Waals surface area contributed by atoms with Crippen LogP contribution in [0.25, 0.3) is 0 Å². The van der Waals surface area contributed by atoms with Crippen molar-refractivity contribution < 1.29 is 13.9 Å². The zero-order valence-corrected chi connectivity index (χ0v) is 9.39. The Balaban J connectivity index is 2.22. The monoisotopic (exact) mass is 246 g/mol. The molecule has 0 bridgehead atoms. The Morgan fingerprint density at radius 3 is 2.22 bits per heavy atom. The minimum atomic E-state index is -0.813. The summed E-state index contributed by atoms with van der Waals surface area (Å²) >= 11 is 0. The number of anilines is 1. The maximum absolute atomic E-state index is 13.5. The molecule has 0 aliphatic rings. The average Bonchev–Trinajstić information content (AvgIpc) is 2.32. The zero-order chi connectivity index (χ0) is 13.1. The summed E-state index contributed by atoms with van der Waals surface area (Å²) in [5, 5.41) is 0. The van der Waals surface area contributed by atoms with Crippen LogP contribution in [0.1, 0.15) is 10.4 Å². The highest BCUT2D eigenvalue weighted by Gasteiger charge is 2.09. The van der Waals surface area contributed by atoms with Crippen molar-refractivity contribution in [3.63, 3.8) is 0 Å². The van der Waals surface area contributed by atoms with Crippen molar-refractivity contribution in [2.24, 2.45) is 5.73 Å². The molecule has 18 heavy (non-hydrogen) atoms. The summed E-state index contributed by atoms with van der Waals surface area (Å²) in [5.41, 5.74) is 11.0. The van der Waals surface area contributed by atoms with E-state index < -0.39 is 11.7 Å². The number of nitrogen functional groups attached to an aromatic ring is 1. The molecule has 2 aromatic rings. The van der Waals surface area contributed by atoms with Gasteiger partial charge in [-0.05, 0) is 36.4 Å². The van der Waals surface area contributed by atoms with E-state index in [1.54, 1.807) is 24.3 Å². The van der Waals surface area contributed by atoms with E-state index in [1.165, 1.54) is 12.1 Å². The second-order valence-electron chi connectivity index (χ2n) is 3.68. The lowest BCUT2D eigenvalue weighted by atomic mass is 10.2. The second-order valence-corrected chi connectivity index (χ2v) is 3.68. The molecule has 2 aromatic carbocycles. The summed E-state index contributed by atoms with van der Waals surface area (Å²) in [6.07, 6.45) is 0. The smallest absolute Gasteiger partial charge is 0.251 e. The highest BCUT2D eigenvalue weighted by Crippen LogP contribution is 2.24. The number of amides is 1. The normalized spacial score (nSPS) is 10.1. The molecule has 0 aromatic heterocycles. The first-order chi connectivity index (χ1) is 8.56. The number of hydrogen-bond donors (Lipinski definition) is 2. The number of primary amides is 1. The van der Waals surface area contributed by atoms with Gasteiger partial charge in [0, 0.05) is 11.8 Å². The molecular weight excluding hydrogens is 235 g/mol. The lowest BCUT2D eigenvalue weighted by Crippen LogP contribution is -2.12. The molecule has 0 unspecified atom stereocenters. The van der Waals surface area contributed by atoms with Gasteiger partial charge in [-0.2, -0.15) is 0 Å². The topological polar surface area (TPSA) is 78.3 Å². The molecule has 92 valence electrons. The van der Waals surface area contributed by atoms with Crippen LogP contribution in [0, 0.1) is 5.82 Å². The van der Waals surface area contributed by atoms with Crippen LogP contribution in [0.3, 0.4) is 0 Å². The molecule has 2 rings (SSSR count). The lowest BCUT2D eigenvalue weighted by Gasteiger charge is -2.07. The van der Waals surface area contributed by atoms with Crippen LogP contribution in [0.5, 0.6) is 11.5 Å². The van der Waals surface area contributed by atoms with Crippen LogP contribution in [0.2, 0.25) is 0 Å². The van der Waals surface area contributed by atoms with Gasteiger partial charge in [-0.1, -0.05) is 0 Å². The highest BCUT2D eigenvalue weighted by atomic mass is 19.1. The van der Waals surface area contributed by atoms with E-state index >= 15 is 0 Å². The van der Waals surface area contributed by atoms with Gasteiger partial charge in [-0.3, -0.25) is 4.79 Å². The largest absolute Gasteiger partial charge is 0.457 e. The van der Waals surface area contributed by atoms with Crippen molar-refractivity contribution in [1.82, 2.24) is 0 Å². The summed E-state index contributed by atoms with van der Waals surface area (Å²) in [4.78, 5) is 10.9. The Bertz CT molecular complexity index is 582. The molecule has 0 aliphatic carbocycles. The van der Waals surface area contributed by atoms with Gasteiger partial charge < -0.3 is 16.2 Å². The van der Waals surface area contributed by atoms with Gasteiger partial charge >= 0.3 is 0 Å². The number of carbonyl (C=O) groups excluding carboxylic acids is 1. The van der Waals surface area contributed by atoms with E-state index in [0.29, 0.717) is 11.4 Å². The molecule has 0 fully saturated rings. The Morgan fingerprint density at radius 2 is 1.67 bits per heavy atom. The van der Waals surface area contributed by atoms with Crippen molar-refractivity contribution >= 4 is 11.6 Å². The fourth-order valence-corrected chi connectivity index (χ4v) is 1.43. The molecule has 0 atom stereocenters. The third-order valence-electron chi connectivity index (χ3n) is 2.32. The average molecular weight is 246 g/mol. The highest BCUT2D eigenvalue weighted by molar-refractivity contribution is 5.93. The first-order valence-corrected chi connectivity index (χ1v) is 5.19. The number of halogens is 1. The standard InChI is InChI=1S/C13H11FN2O2/c14-12-7-10(5-6-11(12)13(16)17)18-9-3-1-8(15)2-4-9/h1-7H,15H2,(H2,16,17). The molecule has 4 N–H and O–H groups in total. The molecule has 0 spiro atoms. The van der Waals surface area contributed by atoms with Gasteiger partial charge in [0.05, 0.1) is 5.56 Å². The van der Waals surface area contributed by atoms with Crippen LogP contribution in [0.15, 0.2) is 42.5 Å². The number of nitrogens with two attached hydrogens (primary N) is 2. The summed E-state index contributed by atoms with van der Waals surface area (Å²) < 4.78 is 18.9. The Kier molecular flexibility index (Phi) is 3.14. The molecule has 0 saturated carbocycles. The molecular formula is C13H11FN2O2. The summed E-state index contributed by atoms with van der Waals surface area (Å²) in [6, 6.07) is 10.5.